The van der Waals surface area contributed by atoms with Gasteiger partial charge in [-0.2, -0.15) is 0 Å². The Balaban J connectivity index is 1.97. The fraction of sp³-hybridized carbons (Fsp3) is 1.00. The molecule has 0 spiro atoms. The quantitative estimate of drug-likeness (QED) is 0.368. The van der Waals surface area contributed by atoms with Crippen LogP contribution in [0.25, 0.3) is 0 Å². The summed E-state index contributed by atoms with van der Waals surface area (Å²) in [6.07, 6.45) is -3.38. The fourth-order valence-corrected chi connectivity index (χ4v) is 2.43. The molecule has 2 rings (SSSR count). The molecule has 0 amide bonds. The molecule has 0 aromatic rings. The van der Waals surface area contributed by atoms with Gasteiger partial charge in [-0.1, -0.05) is 0 Å². The molecule has 2 aliphatic rings. The molecule has 11 heteroatoms. The maximum absolute atomic E-state index is 10.7. The monoisotopic (exact) mass is 271 g/mol. The first-order valence-electron chi connectivity index (χ1n) is 4.65. The van der Waals surface area contributed by atoms with Gasteiger partial charge in [0, 0.05) is 0 Å². The number of hydrogen-bond donors (Lipinski definition) is 2. The smallest absolute Gasteiger partial charge is 0.370 e. The van der Waals surface area contributed by atoms with E-state index in [9.17, 15) is 14.7 Å². The van der Waals surface area contributed by atoms with Gasteiger partial charge in [0.05, 0.1) is 13.2 Å². The predicted octanol–water partition coefficient (Wildman–Crippen LogP) is -1.16. The van der Waals surface area contributed by atoms with E-state index in [-0.39, 0.29) is 13.2 Å². The number of ether oxygens (including phenoxy) is 2. The third kappa shape index (κ3) is 2.92. The Kier molecular flexibility index (Phi) is 3.34. The number of phosphoric ester groups is 1. The minimum absolute atomic E-state index is 0.0860. The van der Waals surface area contributed by atoms with Crippen molar-refractivity contribution in [2.24, 2.45) is 0 Å². The van der Waals surface area contributed by atoms with Crippen LogP contribution >= 0.6 is 7.82 Å². The lowest BCUT2D eigenvalue weighted by atomic mass is 10.1. The third-order valence-corrected chi connectivity index (χ3v) is 3.00. The van der Waals surface area contributed by atoms with Gasteiger partial charge in [-0.3, -0.25) is 4.52 Å². The summed E-state index contributed by atoms with van der Waals surface area (Å²) < 4.78 is 25.4. The van der Waals surface area contributed by atoms with E-state index in [0.717, 1.165) is 0 Å². The molecule has 2 N–H and O–H groups in total. The summed E-state index contributed by atoms with van der Waals surface area (Å²) >= 11 is 0. The molecule has 2 heterocycles. The lowest BCUT2D eigenvalue weighted by molar-refractivity contribution is -0.769. The van der Waals surface area contributed by atoms with Gasteiger partial charge in [0.1, 0.15) is 18.3 Å². The number of phosphoric acid groups is 1. The molecule has 0 bridgehead atoms. The summed E-state index contributed by atoms with van der Waals surface area (Å²) in [5.41, 5.74) is 0. The number of hydrogen-bond acceptors (Lipinski definition) is 7. The van der Waals surface area contributed by atoms with E-state index < -0.39 is 37.3 Å². The highest BCUT2D eigenvalue weighted by molar-refractivity contribution is 7.46. The average Bonchev–Trinajstić information content (AvgIpc) is 2.68. The second-order valence-corrected chi connectivity index (χ2v) is 4.79. The van der Waals surface area contributed by atoms with Crippen LogP contribution in [0.1, 0.15) is 0 Å². The van der Waals surface area contributed by atoms with Gasteiger partial charge in [0.25, 0.3) is 5.09 Å². The molecule has 0 aromatic carbocycles. The van der Waals surface area contributed by atoms with Crippen LogP contribution in [0.15, 0.2) is 0 Å². The van der Waals surface area contributed by atoms with Gasteiger partial charge in [0.15, 0.2) is 6.10 Å². The first-order valence-corrected chi connectivity index (χ1v) is 6.18. The maximum atomic E-state index is 10.7. The fourth-order valence-electron chi connectivity index (χ4n) is 1.90. The van der Waals surface area contributed by atoms with Gasteiger partial charge in [-0.25, -0.2) is 4.57 Å². The molecule has 10 nitrogen and oxygen atoms in total. The first-order chi connectivity index (χ1) is 7.87. The molecule has 17 heavy (non-hydrogen) atoms. The molecule has 0 radical (unpaired) electrons. The van der Waals surface area contributed by atoms with Crippen molar-refractivity contribution in [3.8, 4) is 0 Å². The van der Waals surface area contributed by atoms with Crippen LogP contribution in [0.4, 0.5) is 0 Å². The Hall–Kier alpha value is -0.770. The standard InChI is InChI=1S/C6H10NO9P/c8-7(9)15-3-1-13-6-4(2-14-5(3)6)16-17(10,11)12/h3-6H,1-2H2,(H2,10,11,12)/t3-,4+,5-,6+/m1/s1. The molecule has 2 aliphatic heterocycles. The molecule has 0 unspecified atom stereocenters. The molecular weight excluding hydrogens is 261 g/mol. The van der Waals surface area contributed by atoms with Crippen LogP contribution in [0.3, 0.4) is 0 Å². The molecule has 0 aliphatic carbocycles. The number of nitrogens with zero attached hydrogens (tertiary/aromatic N) is 1. The zero-order valence-electron chi connectivity index (χ0n) is 8.37. The summed E-state index contributed by atoms with van der Waals surface area (Å²) in [6.45, 7) is -0.199. The van der Waals surface area contributed by atoms with Crippen molar-refractivity contribution >= 4 is 7.82 Å². The Bertz CT molecular complexity index is 355. The van der Waals surface area contributed by atoms with Gasteiger partial charge < -0.3 is 24.1 Å². The predicted molar refractivity (Wildman–Crippen MR) is 48.3 cm³/mol. The molecule has 98 valence electrons. The highest BCUT2D eigenvalue weighted by atomic mass is 31.2. The Morgan fingerprint density at radius 2 is 1.76 bits per heavy atom. The van der Waals surface area contributed by atoms with E-state index in [0.29, 0.717) is 0 Å². The Labute approximate surface area is 94.8 Å². The van der Waals surface area contributed by atoms with Crippen molar-refractivity contribution < 1.29 is 38.3 Å². The van der Waals surface area contributed by atoms with Gasteiger partial charge in [0.2, 0.25) is 0 Å². The topological polar surface area (TPSA) is 138 Å². The summed E-state index contributed by atoms with van der Waals surface area (Å²) in [5, 5.41) is 9.21. The lowest BCUT2D eigenvalue weighted by Gasteiger charge is -2.16. The second kappa shape index (κ2) is 4.48. The van der Waals surface area contributed by atoms with Crippen molar-refractivity contribution in [2.45, 2.75) is 24.4 Å². The van der Waals surface area contributed by atoms with Crippen LogP contribution in [-0.2, 0) is 23.4 Å². The highest BCUT2D eigenvalue weighted by Crippen LogP contribution is 2.42. The lowest BCUT2D eigenvalue weighted by Crippen LogP contribution is -2.34. The van der Waals surface area contributed by atoms with E-state index in [1.165, 1.54) is 0 Å². The van der Waals surface area contributed by atoms with Crippen LogP contribution < -0.4 is 0 Å². The molecule has 0 saturated carbocycles. The zero-order valence-corrected chi connectivity index (χ0v) is 9.26. The van der Waals surface area contributed by atoms with Gasteiger partial charge in [-0.15, -0.1) is 10.1 Å². The van der Waals surface area contributed by atoms with Crippen molar-refractivity contribution in [3.63, 3.8) is 0 Å². The highest BCUT2D eigenvalue weighted by Gasteiger charge is 2.51. The summed E-state index contributed by atoms with van der Waals surface area (Å²) in [5.74, 6) is 0. The number of fused-ring (bicyclic) bond motifs is 1. The molecular formula is C6H10NO9P. The number of rotatable bonds is 4. The normalized spacial score (nSPS) is 36.8. The van der Waals surface area contributed by atoms with Crippen molar-refractivity contribution in [1.82, 2.24) is 0 Å². The van der Waals surface area contributed by atoms with Crippen molar-refractivity contribution in [3.05, 3.63) is 10.1 Å². The molecule has 0 aromatic heterocycles. The summed E-state index contributed by atoms with van der Waals surface area (Å²) in [7, 11) is -4.65. The Morgan fingerprint density at radius 1 is 1.24 bits per heavy atom. The average molecular weight is 271 g/mol. The Morgan fingerprint density at radius 3 is 2.29 bits per heavy atom. The van der Waals surface area contributed by atoms with Crippen molar-refractivity contribution in [2.75, 3.05) is 13.2 Å². The third-order valence-electron chi connectivity index (χ3n) is 2.46. The minimum atomic E-state index is -4.65. The van der Waals surface area contributed by atoms with E-state index in [2.05, 4.69) is 9.36 Å². The van der Waals surface area contributed by atoms with E-state index in [1.807, 2.05) is 0 Å². The second-order valence-electron chi connectivity index (χ2n) is 3.60. The SMILES string of the molecule is O=[N+]([O-])O[C@@H]1CO[C@@H]2[C@@H]1OC[C@@H]2OP(=O)(O)O. The van der Waals surface area contributed by atoms with Crippen LogP contribution in [0.2, 0.25) is 0 Å². The minimum Gasteiger partial charge on any atom is -0.370 e. The van der Waals surface area contributed by atoms with Crippen LogP contribution in [0.5, 0.6) is 0 Å². The van der Waals surface area contributed by atoms with E-state index in [1.54, 1.807) is 0 Å². The summed E-state index contributed by atoms with van der Waals surface area (Å²) in [4.78, 5) is 31.8. The first kappa shape index (κ1) is 12.7. The molecule has 2 saturated heterocycles. The van der Waals surface area contributed by atoms with Crippen molar-refractivity contribution in [1.29, 1.82) is 0 Å². The van der Waals surface area contributed by atoms with E-state index in [4.69, 9.17) is 19.3 Å². The van der Waals surface area contributed by atoms with Gasteiger partial charge in [-0.05, 0) is 0 Å². The van der Waals surface area contributed by atoms with Crippen LogP contribution in [0, 0.1) is 10.1 Å². The molecule has 4 atom stereocenters. The molecule has 2 fully saturated rings. The summed E-state index contributed by atoms with van der Waals surface area (Å²) in [6, 6.07) is 0. The van der Waals surface area contributed by atoms with Gasteiger partial charge >= 0.3 is 7.82 Å². The maximum Gasteiger partial charge on any atom is 0.470 e. The van der Waals surface area contributed by atoms with E-state index >= 15 is 0 Å². The zero-order chi connectivity index (χ0) is 12.6. The van der Waals surface area contributed by atoms with Crippen LogP contribution in [-0.4, -0.2) is 52.5 Å². The largest absolute Gasteiger partial charge is 0.470 e.